The molecule has 0 saturated carbocycles. The van der Waals surface area contributed by atoms with Gasteiger partial charge in [0.25, 0.3) is 0 Å². The lowest BCUT2D eigenvalue weighted by molar-refractivity contribution is -0.303. The fraction of sp³-hybridized carbons (Fsp3) is 0.310. The van der Waals surface area contributed by atoms with Crippen LogP contribution < -0.4 is 0 Å². The molecule has 0 unspecified atom stereocenters. The Morgan fingerprint density at radius 1 is 0.765 bits per heavy atom. The minimum Gasteiger partial charge on any atom is -0.385 e. The molecule has 0 spiro atoms. The first-order chi connectivity index (χ1) is 16.7. The summed E-state index contributed by atoms with van der Waals surface area (Å²) in [6.07, 6.45) is -3.15. The van der Waals surface area contributed by atoms with Crippen molar-refractivity contribution in [2.24, 2.45) is 0 Å². The first kappa shape index (κ1) is 23.0. The highest BCUT2D eigenvalue weighted by Crippen LogP contribution is 2.32. The number of fused-ring (bicyclic) bond motifs is 2. The zero-order valence-electron chi connectivity index (χ0n) is 19.5. The molecular weight excluding hydrogens is 428 g/mol. The van der Waals surface area contributed by atoms with E-state index in [0.29, 0.717) is 13.2 Å². The smallest absolute Gasteiger partial charge is 0.186 e. The van der Waals surface area contributed by atoms with Crippen LogP contribution in [0.5, 0.6) is 0 Å². The van der Waals surface area contributed by atoms with Gasteiger partial charge in [-0.3, -0.25) is 0 Å². The topological polar surface area (TPSA) is 57.2 Å². The molecule has 5 nitrogen and oxygen atoms in total. The van der Waals surface area contributed by atoms with Crippen molar-refractivity contribution in [1.82, 2.24) is 0 Å². The van der Waals surface area contributed by atoms with Gasteiger partial charge in [-0.2, -0.15) is 0 Å². The fourth-order valence-electron chi connectivity index (χ4n) is 4.81. The Morgan fingerprint density at radius 3 is 2.00 bits per heavy atom. The molecule has 0 amide bonds. The predicted molar refractivity (Wildman–Crippen MR) is 132 cm³/mol. The molecule has 1 fully saturated rings. The van der Waals surface area contributed by atoms with Crippen LogP contribution in [0.1, 0.15) is 18.1 Å². The van der Waals surface area contributed by atoms with Crippen LogP contribution in [0.3, 0.4) is 0 Å². The Labute approximate surface area is 199 Å². The van der Waals surface area contributed by atoms with E-state index in [1.807, 2.05) is 61.5 Å². The summed E-state index contributed by atoms with van der Waals surface area (Å²) >= 11 is 0. The lowest BCUT2D eigenvalue weighted by atomic mass is 9.96. The van der Waals surface area contributed by atoms with Crippen molar-refractivity contribution >= 4 is 21.5 Å². The Bertz CT molecular complexity index is 1190. The zero-order valence-corrected chi connectivity index (χ0v) is 19.5. The van der Waals surface area contributed by atoms with Gasteiger partial charge in [-0.1, -0.05) is 78.9 Å². The minimum absolute atomic E-state index is 0.314. The number of methoxy groups -OCH3 is 1. The van der Waals surface area contributed by atoms with Crippen molar-refractivity contribution in [1.29, 1.82) is 0 Å². The molecule has 34 heavy (non-hydrogen) atoms. The largest absolute Gasteiger partial charge is 0.385 e. The lowest BCUT2D eigenvalue weighted by Gasteiger charge is -2.42. The van der Waals surface area contributed by atoms with Crippen LogP contribution >= 0.6 is 0 Å². The molecule has 5 rings (SSSR count). The van der Waals surface area contributed by atoms with Gasteiger partial charge in [-0.25, -0.2) is 0 Å². The number of rotatable bonds is 7. The van der Waals surface area contributed by atoms with E-state index < -0.39 is 24.6 Å². The molecule has 1 saturated heterocycles. The quantitative estimate of drug-likeness (QED) is 0.385. The molecule has 0 aromatic heterocycles. The van der Waals surface area contributed by atoms with Crippen molar-refractivity contribution in [3.05, 3.63) is 96.1 Å². The van der Waals surface area contributed by atoms with Crippen molar-refractivity contribution < 1.29 is 24.1 Å². The van der Waals surface area contributed by atoms with Gasteiger partial charge in [-0.05, 0) is 45.7 Å². The van der Waals surface area contributed by atoms with Crippen LogP contribution in [0, 0.1) is 0 Å². The van der Waals surface area contributed by atoms with Crippen LogP contribution in [0.25, 0.3) is 21.5 Å². The molecule has 4 aromatic carbocycles. The second-order valence-electron chi connectivity index (χ2n) is 8.77. The maximum atomic E-state index is 11.1. The fourth-order valence-corrected chi connectivity index (χ4v) is 4.81. The molecule has 176 valence electrons. The van der Waals surface area contributed by atoms with E-state index in [9.17, 15) is 5.11 Å². The standard InChI is InChI=1S/C29H30O5/c1-19-27(32-17-20-10-4-3-5-11-20)28(26(30)29(31-2)34-19)33-18-25-23-14-8-6-12-21(23)16-22-13-7-9-15-24(22)25/h3-16,19,26-30H,17-18H2,1-2H3/t19-,26+,27-,28-,29+/m0/s1. The third-order valence-corrected chi connectivity index (χ3v) is 6.57. The Morgan fingerprint density at radius 2 is 1.35 bits per heavy atom. The van der Waals surface area contributed by atoms with Crippen molar-refractivity contribution in [2.75, 3.05) is 7.11 Å². The molecule has 4 aromatic rings. The van der Waals surface area contributed by atoms with E-state index in [1.54, 1.807) is 0 Å². The van der Waals surface area contributed by atoms with Crippen LogP contribution in [0.15, 0.2) is 84.9 Å². The van der Waals surface area contributed by atoms with Gasteiger partial charge in [0.1, 0.15) is 18.3 Å². The molecule has 5 atom stereocenters. The van der Waals surface area contributed by atoms with E-state index in [4.69, 9.17) is 18.9 Å². The van der Waals surface area contributed by atoms with E-state index in [0.717, 1.165) is 32.7 Å². The van der Waals surface area contributed by atoms with Gasteiger partial charge in [0.2, 0.25) is 0 Å². The second kappa shape index (κ2) is 10.2. The molecule has 1 aliphatic rings. The Kier molecular flexibility index (Phi) is 6.90. The number of aliphatic hydroxyl groups excluding tert-OH is 1. The second-order valence-corrected chi connectivity index (χ2v) is 8.77. The van der Waals surface area contributed by atoms with E-state index >= 15 is 0 Å². The molecule has 0 bridgehead atoms. The number of benzene rings is 4. The number of aliphatic hydroxyl groups is 1. The molecule has 5 heteroatoms. The summed E-state index contributed by atoms with van der Waals surface area (Å²) in [6, 6.07) is 28.8. The van der Waals surface area contributed by atoms with E-state index in [-0.39, 0.29) is 6.10 Å². The van der Waals surface area contributed by atoms with Crippen molar-refractivity contribution in [2.45, 2.75) is 50.8 Å². The summed E-state index contributed by atoms with van der Waals surface area (Å²) in [5.41, 5.74) is 2.15. The SMILES string of the molecule is CO[C@@H]1O[C@@H](C)[C@H](OCc2ccccc2)[C@@H](OCc2c3ccccc3cc3ccccc23)[C@H]1O. The summed E-state index contributed by atoms with van der Waals surface area (Å²) in [5.74, 6) is 0. The maximum absolute atomic E-state index is 11.1. The lowest BCUT2D eigenvalue weighted by Crippen LogP contribution is -2.58. The first-order valence-corrected chi connectivity index (χ1v) is 11.7. The van der Waals surface area contributed by atoms with Crippen molar-refractivity contribution in [3.63, 3.8) is 0 Å². The zero-order chi connectivity index (χ0) is 23.5. The average Bonchev–Trinajstić information content (AvgIpc) is 2.88. The van der Waals surface area contributed by atoms with Gasteiger partial charge in [0.15, 0.2) is 6.29 Å². The Hall–Kier alpha value is -2.80. The predicted octanol–water partition coefficient (Wildman–Crippen LogP) is 5.22. The Balaban J connectivity index is 1.45. The van der Waals surface area contributed by atoms with Gasteiger partial charge in [-0.15, -0.1) is 0 Å². The molecule has 0 aliphatic carbocycles. The van der Waals surface area contributed by atoms with Crippen molar-refractivity contribution in [3.8, 4) is 0 Å². The number of hydrogen-bond donors (Lipinski definition) is 1. The van der Waals surface area contributed by atoms with E-state index in [2.05, 4.69) is 30.3 Å². The van der Waals surface area contributed by atoms with Gasteiger partial charge >= 0.3 is 0 Å². The van der Waals surface area contributed by atoms with Crippen LogP contribution in [-0.4, -0.2) is 42.9 Å². The van der Waals surface area contributed by atoms with Crippen LogP contribution in [-0.2, 0) is 32.2 Å². The van der Waals surface area contributed by atoms with Gasteiger partial charge in [0, 0.05) is 7.11 Å². The summed E-state index contributed by atoms with van der Waals surface area (Å²) in [5, 5.41) is 15.7. The first-order valence-electron chi connectivity index (χ1n) is 11.7. The number of hydrogen-bond acceptors (Lipinski definition) is 5. The van der Waals surface area contributed by atoms with Crippen LogP contribution in [0.2, 0.25) is 0 Å². The molecule has 1 aliphatic heterocycles. The molecular formula is C29H30O5. The third kappa shape index (κ3) is 4.58. The molecule has 1 N–H and O–H groups in total. The summed E-state index contributed by atoms with van der Waals surface area (Å²) < 4.78 is 24.0. The van der Waals surface area contributed by atoms with E-state index in [1.165, 1.54) is 7.11 Å². The number of ether oxygens (including phenoxy) is 4. The monoisotopic (exact) mass is 458 g/mol. The minimum atomic E-state index is -0.983. The normalized spacial score (nSPS) is 25.1. The highest BCUT2D eigenvalue weighted by atomic mass is 16.7. The maximum Gasteiger partial charge on any atom is 0.186 e. The van der Waals surface area contributed by atoms with Gasteiger partial charge in [0.05, 0.1) is 19.3 Å². The average molecular weight is 459 g/mol. The summed E-state index contributed by atoms with van der Waals surface area (Å²) in [7, 11) is 1.53. The van der Waals surface area contributed by atoms with Crippen LogP contribution in [0.4, 0.5) is 0 Å². The summed E-state index contributed by atoms with van der Waals surface area (Å²) in [6.45, 7) is 2.66. The molecule has 1 heterocycles. The third-order valence-electron chi connectivity index (χ3n) is 6.57. The van der Waals surface area contributed by atoms with Gasteiger partial charge < -0.3 is 24.1 Å². The highest BCUT2D eigenvalue weighted by molar-refractivity contribution is 6.02. The summed E-state index contributed by atoms with van der Waals surface area (Å²) in [4.78, 5) is 0. The molecule has 0 radical (unpaired) electrons. The highest BCUT2D eigenvalue weighted by Gasteiger charge is 2.45.